The summed E-state index contributed by atoms with van der Waals surface area (Å²) in [5.41, 5.74) is 1.30. The van der Waals surface area contributed by atoms with Crippen molar-refractivity contribution in [2.75, 3.05) is 32.7 Å². The lowest BCUT2D eigenvalue weighted by Gasteiger charge is -2.35. The van der Waals surface area contributed by atoms with Crippen LogP contribution in [0.2, 0.25) is 0 Å². The first-order valence-corrected chi connectivity index (χ1v) is 10.9. The largest absolute Gasteiger partial charge is 0.336 e. The Labute approximate surface area is 156 Å². The van der Waals surface area contributed by atoms with Gasteiger partial charge in [0.05, 0.1) is 4.90 Å². The number of nitrogens with one attached hydrogen (secondary N) is 1. The molecule has 1 aromatic carbocycles. The van der Waals surface area contributed by atoms with Crippen molar-refractivity contribution in [1.29, 1.82) is 0 Å². The molecule has 144 valence electrons. The van der Waals surface area contributed by atoms with Crippen LogP contribution in [-0.4, -0.2) is 62.9 Å². The molecule has 1 amide bonds. The molecule has 1 aliphatic heterocycles. The number of carbonyl (C=O) groups excluding carboxylic acids is 1. The van der Waals surface area contributed by atoms with Crippen LogP contribution in [0.25, 0.3) is 0 Å². The van der Waals surface area contributed by atoms with Gasteiger partial charge in [0.1, 0.15) is 0 Å². The molecule has 1 N–H and O–H groups in total. The quantitative estimate of drug-likeness (QED) is 0.819. The number of carbonyl (C=O) groups is 1. The number of nitrogens with zero attached hydrogens (tertiary/aromatic N) is 2. The molecule has 0 radical (unpaired) electrons. The van der Waals surface area contributed by atoms with Gasteiger partial charge in [0.2, 0.25) is 10.0 Å². The third kappa shape index (κ3) is 4.64. The number of benzene rings is 1. The highest BCUT2D eigenvalue weighted by Gasteiger charge is 2.29. The smallest absolute Gasteiger partial charge is 0.254 e. The van der Waals surface area contributed by atoms with E-state index in [9.17, 15) is 13.2 Å². The van der Waals surface area contributed by atoms with Gasteiger partial charge in [0.15, 0.2) is 0 Å². The van der Waals surface area contributed by atoms with Crippen molar-refractivity contribution in [3.63, 3.8) is 0 Å². The van der Waals surface area contributed by atoms with E-state index in [0.29, 0.717) is 24.6 Å². The standard InChI is InChI=1S/C19H29N3O3S/c1-14(2)13-21-8-10-22(11-9-21)19(23)18-12-17(7-4-15(18)3)26(24,25)20-16-5-6-16/h4,7,12,14,16,20H,5-6,8-11,13H2,1-3H3. The van der Waals surface area contributed by atoms with Gasteiger partial charge >= 0.3 is 0 Å². The normalized spacial score (nSPS) is 19.2. The molecule has 3 rings (SSSR count). The number of aryl methyl sites for hydroxylation is 1. The van der Waals surface area contributed by atoms with E-state index in [1.807, 2.05) is 11.8 Å². The van der Waals surface area contributed by atoms with Crippen LogP contribution in [0.3, 0.4) is 0 Å². The number of rotatable bonds is 6. The average Bonchev–Trinajstić information content (AvgIpc) is 3.38. The minimum absolute atomic E-state index is 0.0505. The van der Waals surface area contributed by atoms with Crippen molar-refractivity contribution in [3.8, 4) is 0 Å². The third-order valence-corrected chi connectivity index (χ3v) is 6.45. The Morgan fingerprint density at radius 3 is 2.42 bits per heavy atom. The van der Waals surface area contributed by atoms with Gasteiger partial charge in [0.25, 0.3) is 5.91 Å². The molecule has 0 unspecified atom stereocenters. The van der Waals surface area contributed by atoms with E-state index in [1.54, 1.807) is 12.1 Å². The summed E-state index contributed by atoms with van der Waals surface area (Å²) < 4.78 is 27.6. The highest BCUT2D eigenvalue weighted by atomic mass is 32.2. The van der Waals surface area contributed by atoms with Crippen LogP contribution in [0.15, 0.2) is 23.1 Å². The van der Waals surface area contributed by atoms with Crippen molar-refractivity contribution in [1.82, 2.24) is 14.5 Å². The fourth-order valence-electron chi connectivity index (χ4n) is 3.31. The maximum Gasteiger partial charge on any atom is 0.254 e. The van der Waals surface area contributed by atoms with Crippen LogP contribution in [0.5, 0.6) is 0 Å². The molecule has 6 nitrogen and oxygen atoms in total. The molecule has 0 aromatic heterocycles. The van der Waals surface area contributed by atoms with Crippen LogP contribution in [0.4, 0.5) is 0 Å². The second-order valence-electron chi connectivity index (χ2n) is 7.86. The molecule has 7 heteroatoms. The molecule has 1 saturated heterocycles. The minimum Gasteiger partial charge on any atom is -0.336 e. The van der Waals surface area contributed by atoms with E-state index in [2.05, 4.69) is 23.5 Å². The molecule has 26 heavy (non-hydrogen) atoms. The van der Waals surface area contributed by atoms with E-state index < -0.39 is 10.0 Å². The van der Waals surface area contributed by atoms with Gasteiger partial charge in [-0.1, -0.05) is 19.9 Å². The van der Waals surface area contributed by atoms with Gasteiger partial charge in [-0.05, 0) is 43.4 Å². The Hall–Kier alpha value is -1.44. The number of sulfonamides is 1. The first-order valence-electron chi connectivity index (χ1n) is 9.41. The van der Waals surface area contributed by atoms with Crippen molar-refractivity contribution in [3.05, 3.63) is 29.3 Å². The van der Waals surface area contributed by atoms with Gasteiger partial charge in [-0.2, -0.15) is 0 Å². The lowest BCUT2D eigenvalue weighted by molar-refractivity contribution is 0.0623. The zero-order valence-electron chi connectivity index (χ0n) is 15.9. The van der Waals surface area contributed by atoms with Gasteiger partial charge in [-0.15, -0.1) is 0 Å². The lowest BCUT2D eigenvalue weighted by atomic mass is 10.1. The SMILES string of the molecule is Cc1ccc(S(=O)(=O)NC2CC2)cc1C(=O)N1CCN(CC(C)C)CC1. The average molecular weight is 380 g/mol. The summed E-state index contributed by atoms with van der Waals surface area (Å²) in [5, 5.41) is 0. The van der Waals surface area contributed by atoms with E-state index in [0.717, 1.165) is 38.0 Å². The maximum atomic E-state index is 13.0. The van der Waals surface area contributed by atoms with Gasteiger partial charge in [0, 0.05) is 44.3 Å². The van der Waals surface area contributed by atoms with Gasteiger partial charge in [-0.25, -0.2) is 13.1 Å². The molecular weight excluding hydrogens is 350 g/mol. The van der Waals surface area contributed by atoms with Crippen LogP contribution in [0.1, 0.15) is 42.6 Å². The van der Waals surface area contributed by atoms with Crippen LogP contribution in [-0.2, 0) is 10.0 Å². The molecule has 0 atom stereocenters. The second kappa shape index (κ2) is 7.66. The zero-order chi connectivity index (χ0) is 18.9. The number of piperazine rings is 1. The van der Waals surface area contributed by atoms with Crippen LogP contribution < -0.4 is 4.72 Å². The Morgan fingerprint density at radius 2 is 1.85 bits per heavy atom. The topological polar surface area (TPSA) is 69.7 Å². The molecule has 2 fully saturated rings. The van der Waals surface area contributed by atoms with E-state index in [1.165, 1.54) is 6.07 Å². The molecule has 0 spiro atoms. The van der Waals surface area contributed by atoms with Crippen LogP contribution in [0, 0.1) is 12.8 Å². The first kappa shape index (κ1) is 19.3. The summed E-state index contributed by atoms with van der Waals surface area (Å²) in [6.07, 6.45) is 1.77. The highest BCUT2D eigenvalue weighted by molar-refractivity contribution is 7.89. The number of amides is 1. The fourth-order valence-corrected chi connectivity index (χ4v) is 4.64. The van der Waals surface area contributed by atoms with Gasteiger partial charge in [-0.3, -0.25) is 9.69 Å². The summed E-state index contributed by atoms with van der Waals surface area (Å²) >= 11 is 0. The Balaban J connectivity index is 1.72. The first-order chi connectivity index (χ1) is 12.3. The molecule has 1 aromatic rings. The predicted octanol–water partition coefficient (Wildman–Crippen LogP) is 1.85. The highest BCUT2D eigenvalue weighted by Crippen LogP contribution is 2.24. The lowest BCUT2D eigenvalue weighted by Crippen LogP contribution is -2.49. The van der Waals surface area contributed by atoms with E-state index in [4.69, 9.17) is 0 Å². The Bertz CT molecular complexity index is 764. The second-order valence-corrected chi connectivity index (χ2v) is 9.57. The van der Waals surface area contributed by atoms with Crippen molar-refractivity contribution in [2.45, 2.75) is 44.6 Å². The van der Waals surface area contributed by atoms with E-state index in [-0.39, 0.29) is 16.8 Å². The Kier molecular flexibility index (Phi) is 5.69. The fraction of sp³-hybridized carbons (Fsp3) is 0.632. The summed E-state index contributed by atoms with van der Waals surface area (Å²) in [7, 11) is -3.55. The number of hydrogen-bond acceptors (Lipinski definition) is 4. The predicted molar refractivity (Wildman–Crippen MR) is 102 cm³/mol. The Morgan fingerprint density at radius 1 is 1.19 bits per heavy atom. The zero-order valence-corrected chi connectivity index (χ0v) is 16.7. The monoisotopic (exact) mass is 379 g/mol. The van der Waals surface area contributed by atoms with Gasteiger partial charge < -0.3 is 4.90 Å². The van der Waals surface area contributed by atoms with Crippen molar-refractivity contribution < 1.29 is 13.2 Å². The van der Waals surface area contributed by atoms with E-state index >= 15 is 0 Å². The van der Waals surface area contributed by atoms with Crippen molar-refractivity contribution >= 4 is 15.9 Å². The molecular formula is C19H29N3O3S. The molecule has 0 bridgehead atoms. The summed E-state index contributed by atoms with van der Waals surface area (Å²) in [6, 6.07) is 4.89. The molecule has 1 saturated carbocycles. The number of hydrogen-bond donors (Lipinski definition) is 1. The molecule has 1 aliphatic carbocycles. The van der Waals surface area contributed by atoms with Crippen molar-refractivity contribution in [2.24, 2.45) is 5.92 Å². The molecule has 2 aliphatic rings. The summed E-state index contributed by atoms with van der Waals surface area (Å²) in [6.45, 7) is 10.4. The molecule has 1 heterocycles. The summed E-state index contributed by atoms with van der Waals surface area (Å²) in [5.74, 6) is 0.538. The summed E-state index contributed by atoms with van der Waals surface area (Å²) in [4.78, 5) is 17.3. The third-order valence-electron chi connectivity index (χ3n) is 4.93. The maximum absolute atomic E-state index is 13.0. The van der Waals surface area contributed by atoms with Crippen LogP contribution >= 0.6 is 0 Å². The minimum atomic E-state index is -3.55.